The Morgan fingerprint density at radius 3 is 2.72 bits per heavy atom. The number of benzene rings is 1. The van der Waals surface area contributed by atoms with E-state index >= 15 is 0 Å². The number of ether oxygens (including phenoxy) is 1. The molecule has 3 heterocycles. The molecule has 4 rings (SSSR count). The zero-order valence-electron chi connectivity index (χ0n) is 22.2. The Hall–Kier alpha value is -2.38. The van der Waals surface area contributed by atoms with E-state index in [1.54, 1.807) is 0 Å². The van der Waals surface area contributed by atoms with Crippen LogP contribution in [-0.4, -0.2) is 85.5 Å². The van der Waals surface area contributed by atoms with Crippen LogP contribution < -0.4 is 10.1 Å². The van der Waals surface area contributed by atoms with E-state index in [0.717, 1.165) is 57.0 Å². The van der Waals surface area contributed by atoms with Gasteiger partial charge in [-0.25, -0.2) is 0 Å². The number of rotatable bonds is 7. The number of nitrogens with one attached hydrogen (secondary N) is 1. The molecule has 2 atom stereocenters. The summed E-state index contributed by atoms with van der Waals surface area (Å²) in [4.78, 5) is 32.8. The van der Waals surface area contributed by atoms with Crippen LogP contribution in [0.25, 0.3) is 0 Å². The molecule has 0 unspecified atom stereocenters. The van der Waals surface area contributed by atoms with Crippen molar-refractivity contribution >= 4 is 11.8 Å². The summed E-state index contributed by atoms with van der Waals surface area (Å²) in [6.45, 7) is 12.2. The first kappa shape index (κ1) is 26.7. The Morgan fingerprint density at radius 1 is 1.11 bits per heavy atom. The van der Waals surface area contributed by atoms with Gasteiger partial charge in [-0.15, -0.1) is 0 Å². The van der Waals surface area contributed by atoms with Crippen molar-refractivity contribution in [1.82, 2.24) is 20.0 Å². The Bertz CT molecular complexity index is 896. The van der Waals surface area contributed by atoms with Gasteiger partial charge in [-0.3, -0.25) is 14.5 Å². The summed E-state index contributed by atoms with van der Waals surface area (Å²) >= 11 is 0. The monoisotopic (exact) mass is 496 g/mol. The Kier molecular flexibility index (Phi) is 9.82. The highest BCUT2D eigenvalue weighted by Crippen LogP contribution is 2.29. The molecule has 0 spiro atoms. The molecule has 2 saturated heterocycles. The van der Waals surface area contributed by atoms with Crippen molar-refractivity contribution < 1.29 is 14.3 Å². The molecular formula is C29H44N4O3. The van der Waals surface area contributed by atoms with Crippen molar-refractivity contribution in [3.63, 3.8) is 0 Å². The molecule has 2 bridgehead atoms. The van der Waals surface area contributed by atoms with Gasteiger partial charge in [0.05, 0.1) is 6.54 Å². The van der Waals surface area contributed by atoms with E-state index in [-0.39, 0.29) is 23.7 Å². The van der Waals surface area contributed by atoms with Crippen molar-refractivity contribution in [2.45, 2.75) is 46.1 Å². The number of nitrogens with zero attached hydrogens (tertiary/aromatic N) is 3. The van der Waals surface area contributed by atoms with Crippen molar-refractivity contribution in [3.05, 3.63) is 42.0 Å². The standard InChI is InChI=1S/C29H44N4O3/c1-23(2)19-32-20-26-8-3-4-10-27(26)36-17-7-9-25-21-33(29(35)22-32)15-11-24(25)18-28(34)30-12-16-31-13-5-6-14-31/h3-4,7-10,23-25H,5-6,11-22H2,1-2H3,(H,30,34)/b9-7+/t24-,25-/m0/s1. The van der Waals surface area contributed by atoms with Crippen LogP contribution >= 0.6 is 0 Å². The van der Waals surface area contributed by atoms with Crippen molar-refractivity contribution in [1.29, 1.82) is 0 Å². The smallest absolute Gasteiger partial charge is 0.236 e. The van der Waals surface area contributed by atoms with Gasteiger partial charge >= 0.3 is 0 Å². The van der Waals surface area contributed by atoms with Gasteiger partial charge in [-0.05, 0) is 56.2 Å². The van der Waals surface area contributed by atoms with Crippen LogP contribution in [0.1, 0.15) is 45.1 Å². The maximum Gasteiger partial charge on any atom is 0.236 e. The fourth-order valence-corrected chi connectivity index (χ4v) is 5.78. The number of fused-ring (bicyclic) bond motifs is 3. The summed E-state index contributed by atoms with van der Waals surface area (Å²) in [5, 5.41) is 3.13. The lowest BCUT2D eigenvalue weighted by molar-refractivity contribution is -0.135. The molecule has 0 radical (unpaired) electrons. The van der Waals surface area contributed by atoms with E-state index in [0.29, 0.717) is 38.6 Å². The van der Waals surface area contributed by atoms with Gasteiger partial charge < -0.3 is 19.9 Å². The quantitative estimate of drug-likeness (QED) is 0.588. The van der Waals surface area contributed by atoms with E-state index in [2.05, 4.69) is 47.2 Å². The van der Waals surface area contributed by atoms with Gasteiger partial charge in [0.2, 0.25) is 11.8 Å². The molecule has 1 aromatic carbocycles. The Labute approximate surface area is 216 Å². The molecule has 7 nitrogen and oxygen atoms in total. The number of hydrogen-bond donors (Lipinski definition) is 1. The summed E-state index contributed by atoms with van der Waals surface area (Å²) in [5.41, 5.74) is 1.11. The predicted octanol–water partition coefficient (Wildman–Crippen LogP) is 3.16. The summed E-state index contributed by atoms with van der Waals surface area (Å²) in [5.74, 6) is 2.04. The van der Waals surface area contributed by atoms with Gasteiger partial charge in [0.15, 0.2) is 0 Å². The minimum absolute atomic E-state index is 0.128. The van der Waals surface area contributed by atoms with E-state index in [4.69, 9.17) is 4.74 Å². The molecule has 2 amide bonds. The second kappa shape index (κ2) is 13.2. The van der Waals surface area contributed by atoms with Crippen LogP contribution in [0.4, 0.5) is 0 Å². The molecule has 1 aromatic rings. The van der Waals surface area contributed by atoms with E-state index < -0.39 is 0 Å². The van der Waals surface area contributed by atoms with Crippen LogP contribution in [0.2, 0.25) is 0 Å². The minimum atomic E-state index is 0.128. The zero-order valence-corrected chi connectivity index (χ0v) is 22.2. The van der Waals surface area contributed by atoms with Crippen LogP contribution in [0.5, 0.6) is 5.75 Å². The number of para-hydroxylation sites is 1. The van der Waals surface area contributed by atoms with Crippen LogP contribution in [0.15, 0.2) is 36.4 Å². The largest absolute Gasteiger partial charge is 0.489 e. The fourth-order valence-electron chi connectivity index (χ4n) is 5.78. The van der Waals surface area contributed by atoms with Gasteiger partial charge in [-0.2, -0.15) is 0 Å². The second-order valence-electron chi connectivity index (χ2n) is 11.1. The lowest BCUT2D eigenvalue weighted by atomic mass is 9.82. The van der Waals surface area contributed by atoms with Crippen molar-refractivity contribution in [2.24, 2.45) is 17.8 Å². The lowest BCUT2D eigenvalue weighted by Crippen LogP contribution is -2.48. The molecule has 7 heteroatoms. The number of carbonyl (C=O) groups excluding carboxylic acids is 2. The third kappa shape index (κ3) is 7.81. The first-order chi connectivity index (χ1) is 17.5. The highest BCUT2D eigenvalue weighted by Gasteiger charge is 2.32. The first-order valence-electron chi connectivity index (χ1n) is 13.8. The Balaban J connectivity index is 1.41. The highest BCUT2D eigenvalue weighted by atomic mass is 16.5. The number of hydrogen-bond acceptors (Lipinski definition) is 5. The Morgan fingerprint density at radius 2 is 1.92 bits per heavy atom. The SMILES string of the molecule is CC(C)CN1CC(=O)N2CC[C@@H](CC(=O)NCCN3CCCC3)[C@@H](/C=C/COc3ccccc3C1)C2. The van der Waals surface area contributed by atoms with Crippen LogP contribution in [-0.2, 0) is 16.1 Å². The molecule has 0 aliphatic carbocycles. The summed E-state index contributed by atoms with van der Waals surface area (Å²) in [6.07, 6.45) is 8.14. The minimum Gasteiger partial charge on any atom is -0.489 e. The average molecular weight is 497 g/mol. The zero-order chi connectivity index (χ0) is 25.3. The third-order valence-corrected chi connectivity index (χ3v) is 7.62. The van der Waals surface area contributed by atoms with Gasteiger partial charge in [0.25, 0.3) is 0 Å². The molecular weight excluding hydrogens is 452 g/mol. The summed E-state index contributed by atoms with van der Waals surface area (Å²) in [6, 6.07) is 8.13. The number of piperidine rings is 1. The number of likely N-dealkylation sites (tertiary alicyclic amines) is 1. The van der Waals surface area contributed by atoms with Gasteiger partial charge in [0, 0.05) is 51.3 Å². The normalized spacial score (nSPS) is 24.9. The van der Waals surface area contributed by atoms with Crippen LogP contribution in [0, 0.1) is 17.8 Å². The topological polar surface area (TPSA) is 65.1 Å². The highest BCUT2D eigenvalue weighted by molar-refractivity contribution is 5.79. The summed E-state index contributed by atoms with van der Waals surface area (Å²) in [7, 11) is 0. The maximum atomic E-state index is 13.4. The molecule has 198 valence electrons. The van der Waals surface area contributed by atoms with Gasteiger partial charge in [-0.1, -0.05) is 44.2 Å². The van der Waals surface area contributed by atoms with Crippen LogP contribution in [0.3, 0.4) is 0 Å². The average Bonchev–Trinajstić information content (AvgIpc) is 3.36. The van der Waals surface area contributed by atoms with E-state index in [1.165, 1.54) is 12.8 Å². The number of amides is 2. The van der Waals surface area contributed by atoms with Gasteiger partial charge in [0.1, 0.15) is 12.4 Å². The molecule has 1 N–H and O–H groups in total. The van der Waals surface area contributed by atoms with E-state index in [1.807, 2.05) is 23.1 Å². The van der Waals surface area contributed by atoms with Crippen molar-refractivity contribution in [3.8, 4) is 5.75 Å². The summed E-state index contributed by atoms with van der Waals surface area (Å²) < 4.78 is 6.14. The second-order valence-corrected chi connectivity index (χ2v) is 11.1. The molecule has 0 saturated carbocycles. The predicted molar refractivity (Wildman–Crippen MR) is 143 cm³/mol. The number of carbonyl (C=O) groups is 2. The molecule has 0 aromatic heterocycles. The third-order valence-electron chi connectivity index (χ3n) is 7.62. The molecule has 36 heavy (non-hydrogen) atoms. The molecule has 3 aliphatic heterocycles. The molecule has 3 aliphatic rings. The molecule has 2 fully saturated rings. The maximum absolute atomic E-state index is 13.4. The first-order valence-corrected chi connectivity index (χ1v) is 13.8. The van der Waals surface area contributed by atoms with E-state index in [9.17, 15) is 9.59 Å². The van der Waals surface area contributed by atoms with Crippen molar-refractivity contribution in [2.75, 3.05) is 59.0 Å². The fraction of sp³-hybridized carbons (Fsp3) is 0.655. The lowest BCUT2D eigenvalue weighted by Gasteiger charge is -2.38.